The third-order valence-electron chi connectivity index (χ3n) is 4.97. The van der Waals surface area contributed by atoms with Crippen molar-refractivity contribution in [3.8, 4) is 0 Å². The van der Waals surface area contributed by atoms with Gasteiger partial charge in [-0.1, -0.05) is 6.42 Å². The van der Waals surface area contributed by atoms with Crippen LogP contribution in [0, 0.1) is 0 Å². The minimum absolute atomic E-state index is 0.0453. The molecule has 5 atom stereocenters. The highest BCUT2D eigenvalue weighted by Gasteiger charge is 2.32. The highest BCUT2D eigenvalue weighted by molar-refractivity contribution is 5.95. The quantitative estimate of drug-likeness (QED) is 0.0467. The Morgan fingerprint density at radius 2 is 1.47 bits per heavy atom. The number of nitrogens with one attached hydrogen (secondary N) is 3. The minimum atomic E-state index is -1.63. The fraction of sp³-hybridized carbons (Fsp3) is 0.700. The monoisotopic (exact) mass is 517 g/mol. The van der Waals surface area contributed by atoms with Crippen molar-refractivity contribution in [2.24, 2.45) is 33.7 Å². The first-order valence-electron chi connectivity index (χ1n) is 11.4. The minimum Gasteiger partial charge on any atom is -0.480 e. The molecule has 0 radical (unpaired) electrons. The summed E-state index contributed by atoms with van der Waals surface area (Å²) in [6.45, 7) is 1.79. The summed E-state index contributed by atoms with van der Waals surface area (Å²) in [5.74, 6) is -5.20. The van der Waals surface area contributed by atoms with Crippen molar-refractivity contribution in [1.82, 2.24) is 16.0 Å². The molecule has 0 aromatic carbocycles. The van der Waals surface area contributed by atoms with E-state index in [0.29, 0.717) is 25.8 Å². The summed E-state index contributed by atoms with van der Waals surface area (Å²) in [6, 6.07) is -5.37. The standard InChI is InChI=1S/C20H39N9O7/c1-10(30)15(29-16(32)11(22)5-2-3-7-21)18(34)27-12(6-4-8-26-20(24)25)17(33)28-13(19(35)36)9-14(23)31/h10-13,15,30H,2-9,21-22H2,1H3,(H2,23,31)(H,27,34)(H,28,33)(H,29,32)(H,35,36)(H4,24,25,26). The number of aliphatic hydroxyl groups is 1. The lowest BCUT2D eigenvalue weighted by atomic mass is 10.1. The van der Waals surface area contributed by atoms with Crippen molar-refractivity contribution in [1.29, 1.82) is 0 Å². The summed E-state index contributed by atoms with van der Waals surface area (Å²) < 4.78 is 0. The average Bonchev–Trinajstić information content (AvgIpc) is 2.77. The van der Waals surface area contributed by atoms with E-state index >= 15 is 0 Å². The molecule has 0 aliphatic rings. The molecule has 0 aromatic heterocycles. The molecule has 0 rings (SSSR count). The van der Waals surface area contributed by atoms with Crippen molar-refractivity contribution >= 4 is 35.6 Å². The van der Waals surface area contributed by atoms with Crippen LogP contribution < -0.4 is 44.6 Å². The number of amides is 4. The van der Waals surface area contributed by atoms with Crippen LogP contribution in [0.5, 0.6) is 0 Å². The Hall–Kier alpha value is -3.50. The predicted octanol–water partition coefficient (Wildman–Crippen LogP) is -4.71. The van der Waals surface area contributed by atoms with Crippen LogP contribution in [0.3, 0.4) is 0 Å². The van der Waals surface area contributed by atoms with Gasteiger partial charge in [0.15, 0.2) is 5.96 Å². The molecule has 5 unspecified atom stereocenters. The molecule has 0 bridgehead atoms. The number of nitrogens with zero attached hydrogens (tertiary/aromatic N) is 1. The fourth-order valence-corrected chi connectivity index (χ4v) is 3.01. The molecule has 16 heteroatoms. The number of carboxylic acid groups (broad SMARTS) is 1. The first-order chi connectivity index (χ1) is 16.8. The number of carbonyl (C=O) groups is 5. The van der Waals surface area contributed by atoms with Crippen LogP contribution in [0.1, 0.15) is 45.4 Å². The van der Waals surface area contributed by atoms with Crippen molar-refractivity contribution in [2.75, 3.05) is 13.1 Å². The third kappa shape index (κ3) is 13.4. The summed E-state index contributed by atoms with van der Waals surface area (Å²) in [5.41, 5.74) is 26.8. The number of rotatable bonds is 18. The zero-order valence-corrected chi connectivity index (χ0v) is 20.3. The van der Waals surface area contributed by atoms with E-state index in [0.717, 1.165) is 0 Å². The Labute approximate surface area is 208 Å². The number of hydrogen-bond donors (Lipinski definition) is 10. The van der Waals surface area contributed by atoms with Crippen LogP contribution in [0.2, 0.25) is 0 Å². The summed E-state index contributed by atoms with van der Waals surface area (Å²) >= 11 is 0. The molecule has 0 saturated carbocycles. The molecule has 4 amide bonds. The molecule has 0 heterocycles. The molecular weight excluding hydrogens is 478 g/mol. The van der Waals surface area contributed by atoms with Gasteiger partial charge in [-0.2, -0.15) is 0 Å². The average molecular weight is 518 g/mol. The molecular formula is C20H39N9O7. The largest absolute Gasteiger partial charge is 0.480 e. The molecule has 0 saturated heterocycles. The van der Waals surface area contributed by atoms with Gasteiger partial charge in [-0.05, 0) is 39.2 Å². The van der Waals surface area contributed by atoms with Gasteiger partial charge in [0.1, 0.15) is 18.1 Å². The van der Waals surface area contributed by atoms with Crippen LogP contribution in [0.4, 0.5) is 0 Å². The molecule has 0 aliphatic heterocycles. The fourth-order valence-electron chi connectivity index (χ4n) is 3.01. The van der Waals surface area contributed by atoms with Crippen LogP contribution in [-0.4, -0.2) is 89.1 Å². The molecule has 0 spiro atoms. The van der Waals surface area contributed by atoms with Crippen LogP contribution in [0.15, 0.2) is 4.99 Å². The maximum Gasteiger partial charge on any atom is 0.326 e. The number of aliphatic hydroxyl groups excluding tert-OH is 1. The second-order valence-electron chi connectivity index (χ2n) is 8.20. The number of aliphatic imine (C=N–C) groups is 1. The lowest BCUT2D eigenvalue weighted by Gasteiger charge is -2.26. The lowest BCUT2D eigenvalue weighted by Crippen LogP contribution is -2.59. The van der Waals surface area contributed by atoms with E-state index in [9.17, 15) is 34.2 Å². The number of primary amides is 1. The van der Waals surface area contributed by atoms with Crippen molar-refractivity contribution < 1.29 is 34.2 Å². The topological polar surface area (TPSA) is 304 Å². The van der Waals surface area contributed by atoms with Gasteiger partial charge in [0.25, 0.3) is 0 Å². The highest BCUT2D eigenvalue weighted by atomic mass is 16.4. The van der Waals surface area contributed by atoms with E-state index < -0.39 is 66.3 Å². The van der Waals surface area contributed by atoms with Gasteiger partial charge >= 0.3 is 5.97 Å². The molecule has 206 valence electrons. The van der Waals surface area contributed by atoms with Crippen LogP contribution in [-0.2, 0) is 24.0 Å². The van der Waals surface area contributed by atoms with E-state index in [1.165, 1.54) is 6.92 Å². The van der Waals surface area contributed by atoms with E-state index in [4.69, 9.17) is 28.7 Å². The van der Waals surface area contributed by atoms with E-state index in [1.54, 1.807) is 0 Å². The summed E-state index contributed by atoms with van der Waals surface area (Å²) in [5, 5.41) is 26.2. The molecule has 36 heavy (non-hydrogen) atoms. The van der Waals surface area contributed by atoms with Gasteiger partial charge in [-0.15, -0.1) is 0 Å². The summed E-state index contributed by atoms with van der Waals surface area (Å²) in [7, 11) is 0. The normalized spacial score (nSPS) is 14.9. The number of hydrogen-bond acceptors (Lipinski definition) is 9. The second kappa shape index (κ2) is 17.0. The maximum absolute atomic E-state index is 12.9. The van der Waals surface area contributed by atoms with E-state index in [2.05, 4.69) is 20.9 Å². The number of nitrogens with two attached hydrogens (primary N) is 5. The molecule has 15 N–H and O–H groups in total. The van der Waals surface area contributed by atoms with Gasteiger partial charge in [-0.25, -0.2) is 4.79 Å². The van der Waals surface area contributed by atoms with Gasteiger partial charge < -0.3 is 54.8 Å². The number of unbranched alkanes of at least 4 members (excludes halogenated alkanes) is 1. The van der Waals surface area contributed by atoms with Crippen LogP contribution >= 0.6 is 0 Å². The Morgan fingerprint density at radius 3 is 1.97 bits per heavy atom. The Morgan fingerprint density at radius 1 is 0.861 bits per heavy atom. The number of aliphatic carboxylic acids is 1. The van der Waals surface area contributed by atoms with E-state index in [1.807, 2.05) is 0 Å². The number of carbonyl (C=O) groups excluding carboxylic acids is 4. The smallest absolute Gasteiger partial charge is 0.326 e. The van der Waals surface area contributed by atoms with Crippen molar-refractivity contribution in [3.05, 3.63) is 0 Å². The predicted molar refractivity (Wildman–Crippen MR) is 130 cm³/mol. The molecule has 0 aromatic rings. The summed E-state index contributed by atoms with van der Waals surface area (Å²) in [4.78, 5) is 64.3. The number of guanidine groups is 1. The third-order valence-corrected chi connectivity index (χ3v) is 4.97. The van der Waals surface area contributed by atoms with Gasteiger partial charge in [0, 0.05) is 6.54 Å². The molecule has 0 fully saturated rings. The van der Waals surface area contributed by atoms with E-state index in [-0.39, 0.29) is 25.3 Å². The first kappa shape index (κ1) is 32.5. The highest BCUT2D eigenvalue weighted by Crippen LogP contribution is 2.05. The number of carboxylic acids is 1. The Bertz CT molecular complexity index is 787. The zero-order chi connectivity index (χ0) is 27.8. The Balaban J connectivity index is 5.51. The maximum atomic E-state index is 12.9. The zero-order valence-electron chi connectivity index (χ0n) is 20.3. The molecule has 16 nitrogen and oxygen atoms in total. The van der Waals surface area contributed by atoms with Crippen LogP contribution in [0.25, 0.3) is 0 Å². The second-order valence-corrected chi connectivity index (χ2v) is 8.20. The molecule has 0 aliphatic carbocycles. The summed E-state index contributed by atoms with van der Waals surface area (Å²) in [6.07, 6.45) is -0.335. The Kier molecular flexibility index (Phi) is 15.4. The van der Waals surface area contributed by atoms with Gasteiger partial charge in [0.2, 0.25) is 23.6 Å². The lowest BCUT2D eigenvalue weighted by molar-refractivity contribution is -0.144. The van der Waals surface area contributed by atoms with Crippen molar-refractivity contribution in [2.45, 2.75) is 75.7 Å². The first-order valence-corrected chi connectivity index (χ1v) is 11.4. The van der Waals surface area contributed by atoms with Gasteiger partial charge in [-0.3, -0.25) is 24.2 Å². The SMILES string of the molecule is CC(O)C(NC(=O)C(N)CCCCN)C(=O)NC(CCCN=C(N)N)C(=O)NC(CC(N)=O)C(=O)O. The van der Waals surface area contributed by atoms with Gasteiger partial charge in [0.05, 0.1) is 18.6 Å². The van der Waals surface area contributed by atoms with Crippen molar-refractivity contribution in [3.63, 3.8) is 0 Å².